The number of benzene rings is 1. The number of hydrogen-bond donors (Lipinski definition) is 1. The zero-order valence-corrected chi connectivity index (χ0v) is 11.3. The molecule has 0 fully saturated rings. The zero-order valence-electron chi connectivity index (χ0n) is 11.3. The Morgan fingerprint density at radius 1 is 1.36 bits per heavy atom. The first kappa shape index (κ1) is 13.5. The van der Waals surface area contributed by atoms with Gasteiger partial charge in [-0.1, -0.05) is 6.07 Å². The summed E-state index contributed by atoms with van der Waals surface area (Å²) < 4.78 is 5.15. The first-order valence-corrected chi connectivity index (χ1v) is 6.36. The van der Waals surface area contributed by atoms with Gasteiger partial charge in [-0.2, -0.15) is 10.1 Å². The van der Waals surface area contributed by atoms with Crippen molar-refractivity contribution in [2.75, 3.05) is 5.32 Å². The normalized spacial score (nSPS) is 10.1. The van der Waals surface area contributed by atoms with Crippen LogP contribution in [0.4, 0.5) is 5.69 Å². The molecular weight excluding hydrogens is 284 g/mol. The van der Waals surface area contributed by atoms with Crippen molar-refractivity contribution >= 4 is 11.6 Å². The van der Waals surface area contributed by atoms with Crippen LogP contribution >= 0.6 is 0 Å². The lowest BCUT2D eigenvalue weighted by Gasteiger charge is -2.04. The fourth-order valence-electron chi connectivity index (χ4n) is 1.81. The molecule has 0 aliphatic carbocycles. The minimum absolute atomic E-state index is 0.0928. The molecule has 8 nitrogen and oxygen atoms in total. The molecular formula is C14H10N6O2. The van der Waals surface area contributed by atoms with Crippen molar-refractivity contribution in [3.63, 3.8) is 0 Å². The number of nitriles is 1. The molecule has 8 heteroatoms. The summed E-state index contributed by atoms with van der Waals surface area (Å²) in [5.74, 6) is 0.469. The number of carbonyl (C=O) groups excluding carboxylic acids is 1. The van der Waals surface area contributed by atoms with E-state index in [9.17, 15) is 4.79 Å². The zero-order chi connectivity index (χ0) is 15.4. The number of rotatable bonds is 4. The Labute approximate surface area is 125 Å². The van der Waals surface area contributed by atoms with Crippen LogP contribution in [0, 0.1) is 11.3 Å². The summed E-state index contributed by atoms with van der Waals surface area (Å²) in [6.45, 7) is -0.0928. The van der Waals surface area contributed by atoms with Crippen LogP contribution in [0.15, 0.2) is 47.1 Å². The monoisotopic (exact) mass is 294 g/mol. The Bertz CT molecular complexity index is 831. The highest BCUT2D eigenvalue weighted by Gasteiger charge is 2.11. The summed E-state index contributed by atoms with van der Waals surface area (Å²) in [5, 5.41) is 23.1. The standard InChI is InChI=1S/C14H10N6O2/c15-8-10-3-1-4-11(7-10)16-13(21)9-20-18-14(17-19-20)12-5-2-6-22-12/h1-7H,9H2,(H,16,21). The average Bonchev–Trinajstić information content (AvgIpc) is 3.18. The quantitative estimate of drug-likeness (QED) is 0.779. The van der Waals surface area contributed by atoms with Gasteiger partial charge in [0.2, 0.25) is 11.7 Å². The van der Waals surface area contributed by atoms with Crippen LogP contribution in [0.3, 0.4) is 0 Å². The van der Waals surface area contributed by atoms with Gasteiger partial charge in [-0.15, -0.1) is 10.2 Å². The number of aromatic nitrogens is 4. The molecule has 0 atom stereocenters. The molecule has 108 valence electrons. The first-order valence-electron chi connectivity index (χ1n) is 6.36. The third-order valence-electron chi connectivity index (χ3n) is 2.75. The van der Waals surface area contributed by atoms with Crippen molar-refractivity contribution in [1.29, 1.82) is 5.26 Å². The van der Waals surface area contributed by atoms with E-state index in [-0.39, 0.29) is 12.5 Å². The number of hydrogen-bond acceptors (Lipinski definition) is 6. The number of tetrazole rings is 1. The molecule has 2 heterocycles. The molecule has 0 unspecified atom stereocenters. The van der Waals surface area contributed by atoms with Crippen LogP contribution in [0.1, 0.15) is 5.56 Å². The molecule has 0 aliphatic heterocycles. The largest absolute Gasteiger partial charge is 0.461 e. The smallest absolute Gasteiger partial charge is 0.248 e. The third kappa shape index (κ3) is 2.99. The van der Waals surface area contributed by atoms with Gasteiger partial charge in [0.1, 0.15) is 6.54 Å². The van der Waals surface area contributed by atoms with E-state index >= 15 is 0 Å². The Morgan fingerprint density at radius 2 is 2.27 bits per heavy atom. The molecule has 3 aromatic rings. The fraction of sp³-hybridized carbons (Fsp3) is 0.0714. The van der Waals surface area contributed by atoms with E-state index in [1.165, 1.54) is 11.1 Å². The topological polar surface area (TPSA) is 110 Å². The van der Waals surface area contributed by atoms with Crippen molar-refractivity contribution in [1.82, 2.24) is 20.2 Å². The Hall–Kier alpha value is -3.47. The summed E-state index contributed by atoms with van der Waals surface area (Å²) in [7, 11) is 0. The van der Waals surface area contributed by atoms with Gasteiger partial charge in [0.25, 0.3) is 0 Å². The lowest BCUT2D eigenvalue weighted by Crippen LogP contribution is -2.20. The van der Waals surface area contributed by atoms with E-state index in [0.29, 0.717) is 22.8 Å². The van der Waals surface area contributed by atoms with Crippen molar-refractivity contribution in [3.8, 4) is 17.7 Å². The Balaban J connectivity index is 1.66. The predicted molar refractivity (Wildman–Crippen MR) is 75.3 cm³/mol. The van der Waals surface area contributed by atoms with Crippen molar-refractivity contribution < 1.29 is 9.21 Å². The highest BCUT2D eigenvalue weighted by Crippen LogP contribution is 2.13. The maximum Gasteiger partial charge on any atom is 0.248 e. The van der Waals surface area contributed by atoms with Crippen molar-refractivity contribution in [2.45, 2.75) is 6.54 Å². The fourth-order valence-corrected chi connectivity index (χ4v) is 1.81. The first-order chi connectivity index (χ1) is 10.7. The second-order valence-corrected chi connectivity index (χ2v) is 4.36. The van der Waals surface area contributed by atoms with E-state index in [2.05, 4.69) is 20.7 Å². The molecule has 0 radical (unpaired) electrons. The molecule has 0 bridgehead atoms. The third-order valence-corrected chi connectivity index (χ3v) is 2.75. The molecule has 0 aliphatic rings. The van der Waals surface area contributed by atoms with Gasteiger partial charge in [-0.25, -0.2) is 0 Å². The number of carbonyl (C=O) groups is 1. The SMILES string of the molecule is N#Cc1cccc(NC(=O)Cn2nnc(-c3ccco3)n2)c1. The van der Waals surface area contributed by atoms with Crippen LogP contribution in [0.5, 0.6) is 0 Å². The van der Waals surface area contributed by atoms with Crippen molar-refractivity contribution in [3.05, 3.63) is 48.2 Å². The lowest BCUT2D eigenvalue weighted by atomic mass is 10.2. The van der Waals surface area contributed by atoms with Gasteiger partial charge in [0.15, 0.2) is 5.76 Å². The molecule has 1 N–H and O–H groups in total. The average molecular weight is 294 g/mol. The number of nitrogens with zero attached hydrogens (tertiary/aromatic N) is 5. The van der Waals surface area contributed by atoms with E-state index in [1.54, 1.807) is 36.4 Å². The van der Waals surface area contributed by atoms with Crippen LogP contribution in [-0.4, -0.2) is 26.1 Å². The molecule has 22 heavy (non-hydrogen) atoms. The van der Waals surface area contributed by atoms with Crippen LogP contribution < -0.4 is 5.32 Å². The van der Waals surface area contributed by atoms with Gasteiger partial charge in [0, 0.05) is 5.69 Å². The predicted octanol–water partition coefficient (Wildman–Crippen LogP) is 1.44. The molecule has 1 amide bonds. The second kappa shape index (κ2) is 5.88. The van der Waals surface area contributed by atoms with E-state index in [4.69, 9.17) is 9.68 Å². The maximum atomic E-state index is 11.9. The lowest BCUT2D eigenvalue weighted by molar-refractivity contribution is -0.117. The van der Waals surface area contributed by atoms with Gasteiger partial charge in [-0.05, 0) is 35.5 Å². The van der Waals surface area contributed by atoms with Crippen LogP contribution in [0.2, 0.25) is 0 Å². The number of nitrogens with one attached hydrogen (secondary N) is 1. The summed E-state index contributed by atoms with van der Waals surface area (Å²) >= 11 is 0. The van der Waals surface area contributed by atoms with E-state index < -0.39 is 0 Å². The Kier molecular flexibility index (Phi) is 3.61. The number of amides is 1. The molecule has 2 aromatic heterocycles. The number of anilines is 1. The molecule has 0 saturated heterocycles. The highest BCUT2D eigenvalue weighted by molar-refractivity contribution is 5.90. The van der Waals surface area contributed by atoms with Gasteiger partial charge < -0.3 is 9.73 Å². The van der Waals surface area contributed by atoms with Gasteiger partial charge in [-0.3, -0.25) is 4.79 Å². The van der Waals surface area contributed by atoms with E-state index in [1.807, 2.05) is 6.07 Å². The summed E-state index contributed by atoms with van der Waals surface area (Å²) in [5.41, 5.74) is 1.01. The highest BCUT2D eigenvalue weighted by atomic mass is 16.3. The number of furan rings is 1. The maximum absolute atomic E-state index is 11.9. The van der Waals surface area contributed by atoms with Gasteiger partial charge >= 0.3 is 0 Å². The molecule has 1 aromatic carbocycles. The molecule has 0 saturated carbocycles. The molecule has 0 spiro atoms. The second-order valence-electron chi connectivity index (χ2n) is 4.36. The van der Waals surface area contributed by atoms with Gasteiger partial charge in [0.05, 0.1) is 17.9 Å². The minimum atomic E-state index is -0.321. The Morgan fingerprint density at radius 3 is 3.05 bits per heavy atom. The van der Waals surface area contributed by atoms with Crippen LogP contribution in [0.25, 0.3) is 11.6 Å². The van der Waals surface area contributed by atoms with Crippen LogP contribution in [-0.2, 0) is 11.3 Å². The van der Waals surface area contributed by atoms with E-state index in [0.717, 1.165) is 0 Å². The minimum Gasteiger partial charge on any atom is -0.461 e. The molecule has 3 rings (SSSR count). The summed E-state index contributed by atoms with van der Waals surface area (Å²) in [6.07, 6.45) is 1.50. The summed E-state index contributed by atoms with van der Waals surface area (Å²) in [6, 6.07) is 12.1. The van der Waals surface area contributed by atoms with Crippen molar-refractivity contribution in [2.24, 2.45) is 0 Å². The summed E-state index contributed by atoms with van der Waals surface area (Å²) in [4.78, 5) is 13.1.